The first-order chi connectivity index (χ1) is 10.1. The SMILES string of the molecule is CC(N)C(c1ccc(Cl)s1)N1CCC(N2CCCCC2)C1. The molecule has 1 aromatic rings. The fourth-order valence-corrected chi connectivity index (χ4v) is 5.17. The van der Waals surface area contributed by atoms with Gasteiger partial charge in [0.15, 0.2) is 0 Å². The van der Waals surface area contributed by atoms with Gasteiger partial charge in [-0.15, -0.1) is 11.3 Å². The molecule has 2 fully saturated rings. The maximum absolute atomic E-state index is 6.29. The average Bonchev–Trinajstić information content (AvgIpc) is 3.10. The number of halogens is 1. The molecule has 0 radical (unpaired) electrons. The summed E-state index contributed by atoms with van der Waals surface area (Å²) >= 11 is 7.80. The highest BCUT2D eigenvalue weighted by molar-refractivity contribution is 7.16. The number of nitrogens with two attached hydrogens (primary N) is 1. The van der Waals surface area contributed by atoms with E-state index in [-0.39, 0.29) is 6.04 Å². The van der Waals surface area contributed by atoms with Crippen LogP contribution < -0.4 is 5.73 Å². The number of hydrogen-bond acceptors (Lipinski definition) is 4. The molecule has 3 heterocycles. The molecule has 0 saturated carbocycles. The van der Waals surface area contributed by atoms with E-state index in [0.29, 0.717) is 6.04 Å². The standard InChI is InChI=1S/C16H26ClN3S/c1-12(18)16(14-5-6-15(17)21-14)20-10-7-13(11-20)19-8-3-2-4-9-19/h5-6,12-13,16H,2-4,7-11,18H2,1H3. The van der Waals surface area contributed by atoms with Gasteiger partial charge in [-0.25, -0.2) is 0 Å². The lowest BCUT2D eigenvalue weighted by atomic mass is 10.1. The molecule has 0 aliphatic carbocycles. The molecule has 118 valence electrons. The molecule has 3 unspecified atom stereocenters. The Labute approximate surface area is 137 Å². The van der Waals surface area contributed by atoms with Crippen LogP contribution in [0.1, 0.15) is 43.5 Å². The lowest BCUT2D eigenvalue weighted by Gasteiger charge is -2.34. The second-order valence-corrected chi connectivity index (χ2v) is 8.23. The fraction of sp³-hybridized carbons (Fsp3) is 0.750. The Morgan fingerprint density at radius 3 is 2.62 bits per heavy atom. The Hall–Kier alpha value is -0.130. The van der Waals surface area contributed by atoms with Crippen molar-refractivity contribution in [3.05, 3.63) is 21.3 Å². The van der Waals surface area contributed by atoms with E-state index in [2.05, 4.69) is 22.8 Å². The first kappa shape index (κ1) is 15.8. The van der Waals surface area contributed by atoms with Crippen molar-refractivity contribution < 1.29 is 0 Å². The van der Waals surface area contributed by atoms with Gasteiger partial charge in [0.25, 0.3) is 0 Å². The topological polar surface area (TPSA) is 32.5 Å². The zero-order chi connectivity index (χ0) is 14.8. The summed E-state index contributed by atoms with van der Waals surface area (Å²) in [6, 6.07) is 5.32. The number of rotatable bonds is 4. The molecule has 3 nitrogen and oxygen atoms in total. The smallest absolute Gasteiger partial charge is 0.0931 e. The summed E-state index contributed by atoms with van der Waals surface area (Å²) in [4.78, 5) is 6.59. The van der Waals surface area contributed by atoms with Gasteiger partial charge >= 0.3 is 0 Å². The minimum atomic E-state index is 0.139. The van der Waals surface area contributed by atoms with Crippen LogP contribution in [0.2, 0.25) is 4.34 Å². The van der Waals surface area contributed by atoms with Crippen molar-refractivity contribution in [3.8, 4) is 0 Å². The van der Waals surface area contributed by atoms with Crippen LogP contribution in [0.5, 0.6) is 0 Å². The summed E-state index contributed by atoms with van der Waals surface area (Å²) in [6.45, 7) is 7.00. The van der Waals surface area contributed by atoms with Crippen molar-refractivity contribution in [3.63, 3.8) is 0 Å². The van der Waals surface area contributed by atoms with Gasteiger partial charge in [0.1, 0.15) is 0 Å². The van der Waals surface area contributed by atoms with Crippen LogP contribution in [0.4, 0.5) is 0 Å². The third-order valence-corrected chi connectivity index (χ3v) is 6.18. The lowest BCUT2D eigenvalue weighted by molar-refractivity contribution is 0.147. The predicted molar refractivity (Wildman–Crippen MR) is 91.1 cm³/mol. The predicted octanol–water partition coefficient (Wildman–Crippen LogP) is 3.35. The van der Waals surface area contributed by atoms with Crippen LogP contribution in [0, 0.1) is 0 Å². The highest BCUT2D eigenvalue weighted by Gasteiger charge is 2.34. The van der Waals surface area contributed by atoms with Crippen LogP contribution >= 0.6 is 22.9 Å². The van der Waals surface area contributed by atoms with Crippen molar-refractivity contribution in [2.24, 2.45) is 5.73 Å². The van der Waals surface area contributed by atoms with Crippen LogP contribution in [0.15, 0.2) is 12.1 Å². The second-order valence-electron chi connectivity index (χ2n) is 6.48. The average molecular weight is 328 g/mol. The molecule has 0 aromatic carbocycles. The Kier molecular flexibility index (Phi) is 5.23. The van der Waals surface area contributed by atoms with Gasteiger partial charge in [0.05, 0.1) is 10.4 Å². The summed E-state index contributed by atoms with van der Waals surface area (Å²) in [7, 11) is 0. The molecule has 3 rings (SSSR count). The van der Waals surface area contributed by atoms with E-state index in [9.17, 15) is 0 Å². The monoisotopic (exact) mass is 327 g/mol. The van der Waals surface area contributed by atoms with E-state index in [1.807, 2.05) is 6.07 Å². The Morgan fingerprint density at radius 1 is 1.24 bits per heavy atom. The first-order valence-electron chi connectivity index (χ1n) is 8.14. The molecule has 2 aliphatic heterocycles. The van der Waals surface area contributed by atoms with Gasteiger partial charge in [-0.1, -0.05) is 18.0 Å². The van der Waals surface area contributed by atoms with Gasteiger partial charge in [-0.3, -0.25) is 9.80 Å². The third kappa shape index (κ3) is 3.62. The van der Waals surface area contributed by atoms with Crippen LogP contribution in [-0.2, 0) is 0 Å². The molecule has 21 heavy (non-hydrogen) atoms. The van der Waals surface area contributed by atoms with Gasteiger partial charge in [-0.05, 0) is 51.4 Å². The van der Waals surface area contributed by atoms with Crippen LogP contribution in [0.3, 0.4) is 0 Å². The van der Waals surface area contributed by atoms with Gasteiger partial charge in [-0.2, -0.15) is 0 Å². The number of thiophene rings is 1. The van der Waals surface area contributed by atoms with Crippen molar-refractivity contribution in [1.29, 1.82) is 0 Å². The molecule has 0 amide bonds. The normalized spacial score (nSPS) is 27.9. The molecule has 1 aromatic heterocycles. The molecular formula is C16H26ClN3S. The van der Waals surface area contributed by atoms with Crippen molar-refractivity contribution in [1.82, 2.24) is 9.80 Å². The third-order valence-electron chi connectivity index (χ3n) is 4.88. The van der Waals surface area contributed by atoms with Gasteiger partial charge < -0.3 is 5.73 Å². The summed E-state index contributed by atoms with van der Waals surface area (Å²) in [6.07, 6.45) is 5.42. The summed E-state index contributed by atoms with van der Waals surface area (Å²) < 4.78 is 0.863. The molecule has 2 saturated heterocycles. The molecule has 3 atom stereocenters. The summed E-state index contributed by atoms with van der Waals surface area (Å²) in [5, 5.41) is 0. The fourth-order valence-electron chi connectivity index (χ4n) is 3.86. The summed E-state index contributed by atoms with van der Waals surface area (Å²) in [5.74, 6) is 0. The molecule has 0 spiro atoms. The van der Waals surface area contributed by atoms with Gasteiger partial charge in [0, 0.05) is 30.1 Å². The molecular weight excluding hydrogens is 302 g/mol. The lowest BCUT2D eigenvalue weighted by Crippen LogP contribution is -2.43. The zero-order valence-corrected chi connectivity index (χ0v) is 14.4. The Balaban J connectivity index is 1.67. The van der Waals surface area contributed by atoms with E-state index in [1.54, 1.807) is 11.3 Å². The minimum Gasteiger partial charge on any atom is -0.326 e. The van der Waals surface area contributed by atoms with Gasteiger partial charge in [0.2, 0.25) is 0 Å². The van der Waals surface area contributed by atoms with Crippen LogP contribution in [0.25, 0.3) is 0 Å². The van der Waals surface area contributed by atoms with E-state index in [0.717, 1.165) is 23.5 Å². The number of piperidine rings is 1. The van der Waals surface area contributed by atoms with E-state index in [4.69, 9.17) is 17.3 Å². The first-order valence-corrected chi connectivity index (χ1v) is 9.33. The highest BCUT2D eigenvalue weighted by atomic mass is 35.5. The number of nitrogens with zero attached hydrogens (tertiary/aromatic N) is 2. The van der Waals surface area contributed by atoms with Crippen LogP contribution in [-0.4, -0.2) is 48.1 Å². The Bertz CT molecular complexity index is 456. The van der Waals surface area contributed by atoms with E-state index in [1.165, 1.54) is 43.6 Å². The minimum absolute atomic E-state index is 0.139. The maximum Gasteiger partial charge on any atom is 0.0931 e. The largest absolute Gasteiger partial charge is 0.326 e. The quantitative estimate of drug-likeness (QED) is 0.920. The Morgan fingerprint density at radius 2 is 2.00 bits per heavy atom. The number of likely N-dealkylation sites (tertiary alicyclic amines) is 2. The summed E-state index contributed by atoms with van der Waals surface area (Å²) in [5.41, 5.74) is 6.29. The highest BCUT2D eigenvalue weighted by Crippen LogP contribution is 2.35. The zero-order valence-electron chi connectivity index (χ0n) is 12.8. The molecule has 0 bridgehead atoms. The van der Waals surface area contributed by atoms with Crippen molar-refractivity contribution in [2.75, 3.05) is 26.2 Å². The van der Waals surface area contributed by atoms with E-state index >= 15 is 0 Å². The maximum atomic E-state index is 6.29. The number of hydrogen-bond donors (Lipinski definition) is 1. The van der Waals surface area contributed by atoms with E-state index < -0.39 is 0 Å². The van der Waals surface area contributed by atoms with Crippen molar-refractivity contribution in [2.45, 2.75) is 50.7 Å². The second kappa shape index (κ2) is 6.97. The molecule has 2 N–H and O–H groups in total. The van der Waals surface area contributed by atoms with Crippen molar-refractivity contribution >= 4 is 22.9 Å². The molecule has 2 aliphatic rings. The molecule has 5 heteroatoms.